The van der Waals surface area contributed by atoms with E-state index in [4.69, 9.17) is 0 Å². The second kappa shape index (κ2) is 5.56. The molecule has 0 aliphatic heterocycles. The second-order valence-corrected chi connectivity index (χ2v) is 4.41. The van der Waals surface area contributed by atoms with Gasteiger partial charge in [0.05, 0.1) is 4.47 Å². The molecular weight excluding hydrogens is 264 g/mol. The molecule has 0 unspecified atom stereocenters. The summed E-state index contributed by atoms with van der Waals surface area (Å²) in [5.41, 5.74) is 0.125. The smallest absolute Gasteiger partial charge is 0.144 e. The standard InChI is InChI=1S/C11H14BrF2N/c1-3-6-15(2)7-8-10(13)5-4-9(12)11(8)14/h4-5H,3,6-7H2,1-2H3. The number of hydrogen-bond donors (Lipinski definition) is 0. The summed E-state index contributed by atoms with van der Waals surface area (Å²) in [7, 11) is 1.85. The lowest BCUT2D eigenvalue weighted by Crippen LogP contribution is -2.20. The zero-order valence-electron chi connectivity index (χ0n) is 8.86. The molecule has 0 saturated carbocycles. The van der Waals surface area contributed by atoms with Crippen LogP contribution in [0.4, 0.5) is 8.78 Å². The Hall–Kier alpha value is -0.480. The fourth-order valence-corrected chi connectivity index (χ4v) is 1.82. The molecule has 0 aliphatic rings. The van der Waals surface area contributed by atoms with Gasteiger partial charge in [-0.25, -0.2) is 8.78 Å². The summed E-state index contributed by atoms with van der Waals surface area (Å²) in [5.74, 6) is -0.989. The van der Waals surface area contributed by atoms with Gasteiger partial charge in [-0.05, 0) is 48.1 Å². The van der Waals surface area contributed by atoms with Crippen LogP contribution in [0.3, 0.4) is 0 Å². The molecule has 0 amide bonds. The first-order chi connectivity index (χ1) is 7.06. The van der Waals surface area contributed by atoms with Crippen molar-refractivity contribution >= 4 is 15.9 Å². The van der Waals surface area contributed by atoms with Gasteiger partial charge in [-0.1, -0.05) is 6.92 Å². The van der Waals surface area contributed by atoms with Gasteiger partial charge in [-0.2, -0.15) is 0 Å². The van der Waals surface area contributed by atoms with E-state index in [1.54, 1.807) is 0 Å². The Kier molecular flexibility index (Phi) is 4.67. The lowest BCUT2D eigenvalue weighted by atomic mass is 10.2. The van der Waals surface area contributed by atoms with Gasteiger partial charge in [-0.3, -0.25) is 0 Å². The Morgan fingerprint density at radius 1 is 1.33 bits per heavy atom. The highest BCUT2D eigenvalue weighted by molar-refractivity contribution is 9.10. The molecule has 0 N–H and O–H groups in total. The Balaban J connectivity index is 2.88. The number of nitrogens with zero attached hydrogens (tertiary/aromatic N) is 1. The average molecular weight is 278 g/mol. The van der Waals surface area contributed by atoms with Crippen LogP contribution in [0.1, 0.15) is 18.9 Å². The Labute approximate surface area is 97.2 Å². The maximum atomic E-state index is 13.5. The molecule has 0 radical (unpaired) electrons. The molecule has 0 aromatic heterocycles. The molecular formula is C11H14BrF2N. The summed E-state index contributed by atoms with van der Waals surface area (Å²) in [5, 5.41) is 0. The lowest BCUT2D eigenvalue weighted by Gasteiger charge is -2.16. The second-order valence-electron chi connectivity index (χ2n) is 3.56. The minimum atomic E-state index is -0.502. The quantitative estimate of drug-likeness (QED) is 0.761. The monoisotopic (exact) mass is 277 g/mol. The van der Waals surface area contributed by atoms with Gasteiger partial charge in [0.1, 0.15) is 11.6 Å². The Morgan fingerprint density at radius 3 is 2.60 bits per heavy atom. The predicted octanol–water partition coefficient (Wildman–Crippen LogP) is 3.57. The van der Waals surface area contributed by atoms with Crippen LogP contribution < -0.4 is 0 Å². The molecule has 0 fully saturated rings. The molecule has 0 spiro atoms. The Morgan fingerprint density at radius 2 is 2.00 bits per heavy atom. The fraction of sp³-hybridized carbons (Fsp3) is 0.455. The van der Waals surface area contributed by atoms with Crippen LogP contribution in [-0.2, 0) is 6.54 Å². The van der Waals surface area contributed by atoms with Crippen LogP contribution in [0, 0.1) is 11.6 Å². The van der Waals surface area contributed by atoms with Crippen molar-refractivity contribution in [3.63, 3.8) is 0 Å². The molecule has 1 nitrogen and oxygen atoms in total. The zero-order valence-corrected chi connectivity index (χ0v) is 10.4. The summed E-state index contributed by atoms with van der Waals surface area (Å²) in [4.78, 5) is 1.90. The van der Waals surface area contributed by atoms with E-state index in [0.717, 1.165) is 13.0 Å². The van der Waals surface area contributed by atoms with Crippen LogP contribution in [0.15, 0.2) is 16.6 Å². The third-order valence-corrected chi connectivity index (χ3v) is 2.78. The van der Waals surface area contributed by atoms with E-state index in [1.807, 2.05) is 18.9 Å². The van der Waals surface area contributed by atoms with Crippen LogP contribution in [0.25, 0.3) is 0 Å². The molecule has 15 heavy (non-hydrogen) atoms. The van der Waals surface area contributed by atoms with Gasteiger partial charge in [0.15, 0.2) is 0 Å². The lowest BCUT2D eigenvalue weighted by molar-refractivity contribution is 0.315. The molecule has 0 heterocycles. The summed E-state index contributed by atoms with van der Waals surface area (Å²) in [6.07, 6.45) is 0.966. The predicted molar refractivity (Wildman–Crippen MR) is 60.7 cm³/mol. The van der Waals surface area contributed by atoms with Crippen molar-refractivity contribution in [3.05, 3.63) is 33.8 Å². The van der Waals surface area contributed by atoms with Gasteiger partial charge in [0, 0.05) is 12.1 Å². The van der Waals surface area contributed by atoms with Gasteiger partial charge in [0.25, 0.3) is 0 Å². The van der Waals surface area contributed by atoms with E-state index in [1.165, 1.54) is 12.1 Å². The minimum absolute atomic E-state index is 0.125. The molecule has 0 bridgehead atoms. The normalized spacial score (nSPS) is 11.1. The third kappa shape index (κ3) is 3.24. The summed E-state index contributed by atoms with van der Waals surface area (Å²) in [6.45, 7) is 3.15. The highest BCUT2D eigenvalue weighted by atomic mass is 79.9. The van der Waals surface area contributed by atoms with E-state index in [9.17, 15) is 8.78 Å². The Bertz CT molecular complexity index is 342. The highest BCUT2D eigenvalue weighted by Gasteiger charge is 2.13. The SMILES string of the molecule is CCCN(C)Cc1c(F)ccc(Br)c1F. The van der Waals surface area contributed by atoms with Crippen LogP contribution in [-0.4, -0.2) is 18.5 Å². The van der Waals surface area contributed by atoms with Crippen LogP contribution >= 0.6 is 15.9 Å². The third-order valence-electron chi connectivity index (χ3n) is 2.17. The van der Waals surface area contributed by atoms with E-state index < -0.39 is 11.6 Å². The van der Waals surface area contributed by atoms with Gasteiger partial charge in [-0.15, -0.1) is 0 Å². The van der Waals surface area contributed by atoms with E-state index in [0.29, 0.717) is 11.0 Å². The van der Waals surface area contributed by atoms with Crippen molar-refractivity contribution in [2.45, 2.75) is 19.9 Å². The first kappa shape index (κ1) is 12.6. The summed E-state index contributed by atoms with van der Waals surface area (Å²) < 4.78 is 27.2. The van der Waals surface area contributed by atoms with Crippen molar-refractivity contribution in [2.75, 3.05) is 13.6 Å². The summed E-state index contributed by atoms with van der Waals surface area (Å²) in [6, 6.07) is 2.66. The van der Waals surface area contributed by atoms with Crippen molar-refractivity contribution in [1.29, 1.82) is 0 Å². The molecule has 0 atom stereocenters. The van der Waals surface area contributed by atoms with Crippen LogP contribution in [0.2, 0.25) is 0 Å². The molecule has 0 saturated heterocycles. The molecule has 4 heteroatoms. The van der Waals surface area contributed by atoms with E-state index >= 15 is 0 Å². The first-order valence-corrected chi connectivity index (χ1v) is 5.66. The number of rotatable bonds is 4. The molecule has 1 aromatic carbocycles. The number of halogens is 3. The maximum absolute atomic E-state index is 13.5. The number of hydrogen-bond acceptors (Lipinski definition) is 1. The fourth-order valence-electron chi connectivity index (χ4n) is 1.44. The molecule has 0 aliphatic carbocycles. The van der Waals surface area contributed by atoms with Gasteiger partial charge in [0.2, 0.25) is 0 Å². The first-order valence-electron chi connectivity index (χ1n) is 4.87. The average Bonchev–Trinajstić information content (AvgIpc) is 2.19. The van der Waals surface area contributed by atoms with E-state index in [-0.39, 0.29) is 5.56 Å². The van der Waals surface area contributed by atoms with Crippen molar-refractivity contribution in [2.24, 2.45) is 0 Å². The summed E-state index contributed by atoms with van der Waals surface area (Å²) >= 11 is 3.05. The molecule has 84 valence electrons. The van der Waals surface area contributed by atoms with Gasteiger partial charge < -0.3 is 4.90 Å². The van der Waals surface area contributed by atoms with Gasteiger partial charge >= 0.3 is 0 Å². The molecule has 1 rings (SSSR count). The maximum Gasteiger partial charge on any atom is 0.144 e. The van der Waals surface area contributed by atoms with E-state index in [2.05, 4.69) is 15.9 Å². The topological polar surface area (TPSA) is 3.24 Å². The van der Waals surface area contributed by atoms with Crippen molar-refractivity contribution in [3.8, 4) is 0 Å². The van der Waals surface area contributed by atoms with Crippen molar-refractivity contribution in [1.82, 2.24) is 4.90 Å². The number of benzene rings is 1. The van der Waals surface area contributed by atoms with Crippen LogP contribution in [0.5, 0.6) is 0 Å². The minimum Gasteiger partial charge on any atom is -0.302 e. The molecule has 1 aromatic rings. The van der Waals surface area contributed by atoms with Crippen molar-refractivity contribution < 1.29 is 8.78 Å². The largest absolute Gasteiger partial charge is 0.302 e. The highest BCUT2D eigenvalue weighted by Crippen LogP contribution is 2.22. The zero-order chi connectivity index (χ0) is 11.4.